The highest BCUT2D eigenvalue weighted by molar-refractivity contribution is 4.88. The lowest BCUT2D eigenvalue weighted by Gasteiger charge is -2.04. The van der Waals surface area contributed by atoms with Crippen molar-refractivity contribution in [1.29, 1.82) is 0 Å². The van der Waals surface area contributed by atoms with E-state index < -0.39 is 5.60 Å². The third-order valence-electron chi connectivity index (χ3n) is 0.577. The van der Waals surface area contributed by atoms with Crippen molar-refractivity contribution in [3.05, 3.63) is 11.6 Å². The fraction of sp³-hybridized carbons (Fsp3) is 0.778. The van der Waals surface area contributed by atoms with Crippen molar-refractivity contribution in [2.45, 2.75) is 47.1 Å². The number of hydrogen-bond donors (Lipinski definition) is 1. The summed E-state index contributed by atoms with van der Waals surface area (Å²) in [6.45, 7) is 11.4. The van der Waals surface area contributed by atoms with E-state index in [9.17, 15) is 0 Å². The lowest BCUT2D eigenvalue weighted by atomic mass is 10.2. The normalized spacial score (nSPS) is 9.50. The Hall–Kier alpha value is -0.300. The van der Waals surface area contributed by atoms with Crippen molar-refractivity contribution < 1.29 is 5.11 Å². The zero-order valence-corrected chi connectivity index (χ0v) is 8.02. The van der Waals surface area contributed by atoms with Crippen LogP contribution in [-0.2, 0) is 0 Å². The zero-order valence-electron chi connectivity index (χ0n) is 8.02. The van der Waals surface area contributed by atoms with Crippen molar-refractivity contribution in [1.82, 2.24) is 0 Å². The van der Waals surface area contributed by atoms with Crippen LogP contribution in [0.5, 0.6) is 0 Å². The molecule has 62 valence electrons. The van der Waals surface area contributed by atoms with Gasteiger partial charge in [-0.2, -0.15) is 0 Å². The molecular formula is C9H20O. The summed E-state index contributed by atoms with van der Waals surface area (Å²) in [5, 5.41) is 8.52. The molecule has 1 nitrogen and oxygen atoms in total. The van der Waals surface area contributed by atoms with E-state index in [2.05, 4.69) is 19.9 Å². The molecule has 0 aromatic heterocycles. The molecule has 0 aromatic carbocycles. The van der Waals surface area contributed by atoms with Crippen LogP contribution in [0.3, 0.4) is 0 Å². The molecule has 0 bridgehead atoms. The fourth-order valence-corrected chi connectivity index (χ4v) is 0. The maximum Gasteiger partial charge on any atom is 0.0563 e. The van der Waals surface area contributed by atoms with Crippen molar-refractivity contribution >= 4 is 0 Å². The first-order valence-corrected chi connectivity index (χ1v) is 3.59. The van der Waals surface area contributed by atoms with Gasteiger partial charge in [0.05, 0.1) is 5.60 Å². The van der Waals surface area contributed by atoms with Crippen molar-refractivity contribution in [3.63, 3.8) is 0 Å². The Balaban J connectivity index is 0. The highest BCUT2D eigenvalue weighted by Gasteiger charge is 1.97. The van der Waals surface area contributed by atoms with E-state index in [1.807, 2.05) is 6.92 Å². The minimum absolute atomic E-state index is 0.500. The Morgan fingerprint density at radius 1 is 1.20 bits per heavy atom. The average molecular weight is 144 g/mol. The van der Waals surface area contributed by atoms with Crippen LogP contribution in [0.1, 0.15) is 41.5 Å². The van der Waals surface area contributed by atoms with Crippen LogP contribution in [0.2, 0.25) is 0 Å². The van der Waals surface area contributed by atoms with Gasteiger partial charge in [-0.05, 0) is 41.5 Å². The van der Waals surface area contributed by atoms with Gasteiger partial charge < -0.3 is 5.11 Å². The van der Waals surface area contributed by atoms with Gasteiger partial charge in [0.2, 0.25) is 0 Å². The van der Waals surface area contributed by atoms with Gasteiger partial charge in [0.15, 0.2) is 0 Å². The van der Waals surface area contributed by atoms with E-state index in [1.54, 1.807) is 20.8 Å². The summed E-state index contributed by atoms with van der Waals surface area (Å²) in [4.78, 5) is 0. The minimum atomic E-state index is -0.500. The molecule has 0 atom stereocenters. The Labute approximate surface area is 64.8 Å². The van der Waals surface area contributed by atoms with Crippen molar-refractivity contribution in [2.75, 3.05) is 0 Å². The molecule has 0 fully saturated rings. The first-order valence-electron chi connectivity index (χ1n) is 3.59. The van der Waals surface area contributed by atoms with Crippen molar-refractivity contribution in [3.8, 4) is 0 Å². The summed E-state index contributed by atoms with van der Waals surface area (Å²) in [5.41, 5.74) is 0.880. The molecule has 0 aliphatic rings. The van der Waals surface area contributed by atoms with Gasteiger partial charge >= 0.3 is 0 Å². The predicted octanol–water partition coefficient (Wildman–Crippen LogP) is 2.75. The molecule has 0 saturated heterocycles. The number of allylic oxidation sites excluding steroid dienone is 2. The van der Waals surface area contributed by atoms with Crippen molar-refractivity contribution in [2.24, 2.45) is 0 Å². The quantitative estimate of drug-likeness (QED) is 0.518. The summed E-state index contributed by atoms with van der Waals surface area (Å²) >= 11 is 0. The van der Waals surface area contributed by atoms with Gasteiger partial charge in [0, 0.05) is 0 Å². The third-order valence-corrected chi connectivity index (χ3v) is 0.577. The number of rotatable bonds is 0. The van der Waals surface area contributed by atoms with Gasteiger partial charge in [-0.15, -0.1) is 0 Å². The van der Waals surface area contributed by atoms with Crippen LogP contribution in [0, 0.1) is 0 Å². The van der Waals surface area contributed by atoms with Crippen LogP contribution >= 0.6 is 0 Å². The van der Waals surface area contributed by atoms with Gasteiger partial charge in [-0.3, -0.25) is 0 Å². The van der Waals surface area contributed by atoms with E-state index in [-0.39, 0.29) is 0 Å². The number of hydrogen-bond acceptors (Lipinski definition) is 1. The fourth-order valence-electron chi connectivity index (χ4n) is 0. The zero-order chi connectivity index (χ0) is 8.78. The second kappa shape index (κ2) is 5.48. The summed E-state index contributed by atoms with van der Waals surface area (Å²) in [6, 6.07) is 0. The third kappa shape index (κ3) is 120. The SMILES string of the molecule is CC(C)(C)O.CC=C(C)C. The summed E-state index contributed by atoms with van der Waals surface area (Å²) in [5.74, 6) is 0. The maximum absolute atomic E-state index is 8.52. The highest BCUT2D eigenvalue weighted by Crippen LogP contribution is 1.93. The highest BCUT2D eigenvalue weighted by atomic mass is 16.3. The lowest BCUT2D eigenvalue weighted by molar-refractivity contribution is 0.102. The summed E-state index contributed by atoms with van der Waals surface area (Å²) < 4.78 is 0. The van der Waals surface area contributed by atoms with E-state index in [0.717, 1.165) is 0 Å². The monoisotopic (exact) mass is 144 g/mol. The molecule has 0 spiro atoms. The molecule has 0 saturated carbocycles. The first-order chi connectivity index (χ1) is 4.27. The predicted molar refractivity (Wildman–Crippen MR) is 47.1 cm³/mol. The Morgan fingerprint density at radius 2 is 1.30 bits per heavy atom. The smallest absolute Gasteiger partial charge is 0.0563 e. The Bertz CT molecular complexity index is 85.8. The largest absolute Gasteiger partial charge is 0.391 e. The maximum atomic E-state index is 8.52. The Morgan fingerprint density at radius 3 is 1.30 bits per heavy atom. The van der Waals surface area contributed by atoms with Gasteiger partial charge in [-0.1, -0.05) is 11.6 Å². The first kappa shape index (κ1) is 12.4. The topological polar surface area (TPSA) is 20.2 Å². The standard InChI is InChI=1S/C5H10.C4H10O/c1-4-5(2)3;1-4(2,3)5/h4H,1-3H3;5H,1-3H3. The van der Waals surface area contributed by atoms with Crippen LogP contribution in [0.15, 0.2) is 11.6 Å². The molecule has 1 N–H and O–H groups in total. The van der Waals surface area contributed by atoms with Crippen LogP contribution < -0.4 is 0 Å². The molecule has 0 aliphatic carbocycles. The van der Waals surface area contributed by atoms with Gasteiger partial charge in [0.1, 0.15) is 0 Å². The van der Waals surface area contributed by atoms with E-state index in [4.69, 9.17) is 5.11 Å². The average Bonchev–Trinajstić information content (AvgIpc) is 1.61. The molecule has 0 aromatic rings. The lowest BCUT2D eigenvalue weighted by Crippen LogP contribution is -2.10. The second-order valence-electron chi connectivity index (χ2n) is 3.54. The summed E-state index contributed by atoms with van der Waals surface area (Å²) in [6.07, 6.45) is 2.08. The molecule has 10 heavy (non-hydrogen) atoms. The second-order valence-corrected chi connectivity index (χ2v) is 3.54. The van der Waals surface area contributed by atoms with Crippen LogP contribution in [-0.4, -0.2) is 10.7 Å². The molecular weight excluding hydrogens is 124 g/mol. The van der Waals surface area contributed by atoms with Crippen LogP contribution in [0.4, 0.5) is 0 Å². The summed E-state index contributed by atoms with van der Waals surface area (Å²) in [7, 11) is 0. The minimum Gasteiger partial charge on any atom is -0.391 e. The molecule has 0 rings (SSSR count). The molecule has 0 aliphatic heterocycles. The van der Waals surface area contributed by atoms with Gasteiger partial charge in [-0.25, -0.2) is 0 Å². The van der Waals surface area contributed by atoms with E-state index in [1.165, 1.54) is 5.57 Å². The van der Waals surface area contributed by atoms with Gasteiger partial charge in [0.25, 0.3) is 0 Å². The molecule has 0 amide bonds. The Kier molecular flexibility index (Phi) is 6.79. The van der Waals surface area contributed by atoms with Crippen LogP contribution in [0.25, 0.3) is 0 Å². The van der Waals surface area contributed by atoms with E-state index >= 15 is 0 Å². The molecule has 1 heteroatoms. The molecule has 0 heterocycles. The van der Waals surface area contributed by atoms with E-state index in [0.29, 0.717) is 0 Å². The number of aliphatic hydroxyl groups is 1. The molecule has 0 unspecified atom stereocenters. The molecule has 0 radical (unpaired) electrons.